The van der Waals surface area contributed by atoms with Gasteiger partial charge in [-0.05, 0) is 25.7 Å². The molecule has 3 nitrogen and oxygen atoms in total. The molecular weight excluding hydrogens is 381 g/mol. The molecule has 27 heavy (non-hydrogen) atoms. The second-order valence-corrected chi connectivity index (χ2v) is 8.33. The van der Waals surface area contributed by atoms with Crippen LogP contribution < -0.4 is 62.2 Å². The van der Waals surface area contributed by atoms with Gasteiger partial charge >= 0.3 is 51.4 Å². The fourth-order valence-electron chi connectivity index (χ4n) is 2.89. The van der Waals surface area contributed by atoms with Gasteiger partial charge in [-0.2, -0.15) is 0 Å². The van der Waals surface area contributed by atoms with Crippen LogP contribution in [0.5, 0.6) is 0 Å². The maximum atomic E-state index is 10.5. The van der Waals surface area contributed by atoms with Gasteiger partial charge < -0.3 is 15.6 Å². The molecule has 0 spiro atoms. The minimum Gasteiger partial charge on any atom is -0.550 e. The Morgan fingerprint density at radius 3 is 2.11 bits per heavy atom. The van der Waals surface area contributed by atoms with Crippen LogP contribution in [0.25, 0.3) is 0 Å². The first-order chi connectivity index (χ1) is 12.7. The number of unbranched alkanes of at least 4 members (excludes halogenated alkanes) is 11. The van der Waals surface area contributed by atoms with E-state index < -0.39 is 5.97 Å². The average molecular weight is 422 g/mol. The van der Waals surface area contributed by atoms with E-state index >= 15 is 0 Å². The SMILES string of the molecule is CCCCCCCCCCCCC#CC(CCCCC(=O)[O-])SCCN.[K+]. The van der Waals surface area contributed by atoms with E-state index in [1.807, 2.05) is 0 Å². The van der Waals surface area contributed by atoms with Gasteiger partial charge in [-0.15, -0.1) is 17.7 Å². The van der Waals surface area contributed by atoms with Gasteiger partial charge in [0.2, 0.25) is 0 Å². The summed E-state index contributed by atoms with van der Waals surface area (Å²) in [6.45, 7) is 2.93. The number of rotatable bonds is 18. The number of carbonyl (C=O) groups excluding carboxylic acids is 1. The standard InChI is InChI=1S/C22H41NO2S.K/c1-2-3-4-5-6-7-8-9-10-11-12-13-16-21(26-20-19-23)17-14-15-18-22(24)25;/h21H,2-12,14-15,17-20,23H2,1H3,(H,24,25);/q;+1/p-1. The Bertz CT molecular complexity index is 382. The molecule has 152 valence electrons. The van der Waals surface area contributed by atoms with Crippen molar-refractivity contribution >= 4 is 17.7 Å². The predicted octanol–water partition coefficient (Wildman–Crippen LogP) is 1.68. The van der Waals surface area contributed by atoms with Crippen LogP contribution in [0.15, 0.2) is 0 Å². The molecule has 0 saturated heterocycles. The maximum Gasteiger partial charge on any atom is 1.00 e. The van der Waals surface area contributed by atoms with Crippen LogP contribution in [0.4, 0.5) is 0 Å². The first kappa shape index (κ1) is 30.2. The van der Waals surface area contributed by atoms with Gasteiger partial charge in [0, 0.05) is 24.7 Å². The Labute approximate surface area is 215 Å². The van der Waals surface area contributed by atoms with Crippen LogP contribution >= 0.6 is 11.8 Å². The third-order valence-electron chi connectivity index (χ3n) is 4.45. The monoisotopic (exact) mass is 421 g/mol. The van der Waals surface area contributed by atoms with E-state index in [1.54, 1.807) is 11.8 Å². The van der Waals surface area contributed by atoms with E-state index in [0.29, 0.717) is 18.2 Å². The minimum atomic E-state index is -0.955. The summed E-state index contributed by atoms with van der Waals surface area (Å²) in [4.78, 5) is 10.5. The van der Waals surface area contributed by atoms with Crippen molar-refractivity contribution in [3.05, 3.63) is 0 Å². The second-order valence-electron chi connectivity index (χ2n) is 7.02. The number of hydrogen-bond acceptors (Lipinski definition) is 4. The number of carboxylic acids is 1. The summed E-state index contributed by atoms with van der Waals surface area (Å²) >= 11 is 1.80. The van der Waals surface area contributed by atoms with Gasteiger partial charge in [-0.25, -0.2) is 0 Å². The van der Waals surface area contributed by atoms with E-state index in [4.69, 9.17) is 5.73 Å². The average Bonchev–Trinajstić information content (AvgIpc) is 2.63. The largest absolute Gasteiger partial charge is 1.00 e. The fourth-order valence-corrected chi connectivity index (χ4v) is 3.81. The van der Waals surface area contributed by atoms with Crippen LogP contribution in [0.1, 0.15) is 103 Å². The second kappa shape index (κ2) is 25.0. The number of hydrogen-bond donors (Lipinski definition) is 1. The van der Waals surface area contributed by atoms with E-state index in [2.05, 4.69) is 18.8 Å². The molecule has 0 aliphatic heterocycles. The van der Waals surface area contributed by atoms with Gasteiger partial charge in [0.05, 0.1) is 5.25 Å². The summed E-state index contributed by atoms with van der Waals surface area (Å²) in [7, 11) is 0. The Hall–Kier alpha value is 0.976. The van der Waals surface area contributed by atoms with Gasteiger partial charge in [0.15, 0.2) is 0 Å². The smallest absolute Gasteiger partial charge is 0.550 e. The summed E-state index contributed by atoms with van der Waals surface area (Å²) in [6, 6.07) is 0. The predicted molar refractivity (Wildman–Crippen MR) is 113 cm³/mol. The molecule has 1 atom stereocenters. The molecule has 1 unspecified atom stereocenters. The number of thioether (sulfide) groups is 1. The topological polar surface area (TPSA) is 66.1 Å². The first-order valence-corrected chi connectivity index (χ1v) is 11.8. The van der Waals surface area contributed by atoms with Crippen molar-refractivity contribution in [2.24, 2.45) is 5.73 Å². The van der Waals surface area contributed by atoms with Crippen LogP contribution in [0, 0.1) is 11.8 Å². The van der Waals surface area contributed by atoms with E-state index in [-0.39, 0.29) is 57.8 Å². The quantitative estimate of drug-likeness (QED) is 0.208. The molecule has 0 aromatic carbocycles. The third kappa shape index (κ3) is 24.9. The fraction of sp³-hybridized carbons (Fsp3) is 0.864. The zero-order valence-corrected chi connectivity index (χ0v) is 21.8. The first-order valence-electron chi connectivity index (χ1n) is 10.7. The molecule has 0 aromatic heterocycles. The number of carbonyl (C=O) groups is 1. The third-order valence-corrected chi connectivity index (χ3v) is 5.68. The Morgan fingerprint density at radius 2 is 1.56 bits per heavy atom. The van der Waals surface area contributed by atoms with Crippen molar-refractivity contribution in [3.8, 4) is 11.8 Å². The molecule has 5 heteroatoms. The van der Waals surface area contributed by atoms with E-state index in [1.165, 1.54) is 64.2 Å². The molecular formula is C22H40KNO2S. The molecule has 0 rings (SSSR count). The van der Waals surface area contributed by atoms with Crippen molar-refractivity contribution in [2.45, 2.75) is 108 Å². The van der Waals surface area contributed by atoms with E-state index in [9.17, 15) is 9.90 Å². The van der Waals surface area contributed by atoms with Gasteiger partial charge in [0.1, 0.15) is 0 Å². The van der Waals surface area contributed by atoms with E-state index in [0.717, 1.165) is 25.0 Å². The van der Waals surface area contributed by atoms with Crippen molar-refractivity contribution in [2.75, 3.05) is 12.3 Å². The molecule has 0 aliphatic carbocycles. The molecule has 0 aromatic rings. The van der Waals surface area contributed by atoms with Crippen molar-refractivity contribution in [1.82, 2.24) is 0 Å². The van der Waals surface area contributed by atoms with Crippen LogP contribution in [-0.2, 0) is 4.79 Å². The molecule has 0 aliphatic rings. The van der Waals surface area contributed by atoms with Crippen molar-refractivity contribution < 1.29 is 61.3 Å². The number of nitrogens with two attached hydrogens (primary N) is 1. The zero-order chi connectivity index (χ0) is 19.3. The van der Waals surface area contributed by atoms with Gasteiger partial charge in [-0.1, -0.05) is 77.1 Å². The summed E-state index contributed by atoms with van der Waals surface area (Å²) in [6.07, 6.45) is 17.2. The normalized spacial score (nSPS) is 11.3. The van der Waals surface area contributed by atoms with Crippen molar-refractivity contribution in [3.63, 3.8) is 0 Å². The Balaban J connectivity index is 0. The summed E-state index contributed by atoms with van der Waals surface area (Å²) in [5, 5.41) is 10.7. The van der Waals surface area contributed by atoms with Crippen LogP contribution in [0.3, 0.4) is 0 Å². The Morgan fingerprint density at radius 1 is 0.963 bits per heavy atom. The number of aliphatic carboxylic acids is 1. The summed E-state index contributed by atoms with van der Waals surface area (Å²) in [5.74, 6) is 6.66. The molecule has 0 fully saturated rings. The zero-order valence-electron chi connectivity index (χ0n) is 17.9. The van der Waals surface area contributed by atoms with Crippen LogP contribution in [0.2, 0.25) is 0 Å². The Kier molecular flexibility index (Phi) is 28.0. The van der Waals surface area contributed by atoms with Crippen molar-refractivity contribution in [1.29, 1.82) is 0 Å². The molecule has 0 radical (unpaired) electrons. The molecule has 0 heterocycles. The summed E-state index contributed by atoms with van der Waals surface area (Å²) in [5.41, 5.74) is 5.58. The van der Waals surface area contributed by atoms with Gasteiger partial charge in [-0.3, -0.25) is 0 Å². The van der Waals surface area contributed by atoms with Gasteiger partial charge in [0.25, 0.3) is 0 Å². The number of carboxylic acid groups (broad SMARTS) is 1. The molecule has 0 bridgehead atoms. The molecule has 2 N–H and O–H groups in total. The minimum absolute atomic E-state index is 0. The molecule has 0 saturated carbocycles. The van der Waals surface area contributed by atoms with Crippen LogP contribution in [-0.4, -0.2) is 23.5 Å². The molecule has 0 amide bonds. The maximum absolute atomic E-state index is 10.5. The summed E-state index contributed by atoms with van der Waals surface area (Å²) < 4.78 is 0.